The Labute approximate surface area is 113 Å². The van der Waals surface area contributed by atoms with Crippen molar-refractivity contribution in [3.8, 4) is 11.3 Å². The van der Waals surface area contributed by atoms with Crippen LogP contribution in [0.1, 0.15) is 6.92 Å². The van der Waals surface area contributed by atoms with Gasteiger partial charge in [-0.05, 0) is 35.9 Å². The molecule has 1 aromatic heterocycles. The van der Waals surface area contributed by atoms with Crippen LogP contribution >= 0.6 is 0 Å². The summed E-state index contributed by atoms with van der Waals surface area (Å²) >= 11 is 0. The number of pyridine rings is 1. The van der Waals surface area contributed by atoms with Gasteiger partial charge in [0.1, 0.15) is 0 Å². The van der Waals surface area contributed by atoms with Gasteiger partial charge in [0.05, 0.1) is 5.69 Å². The van der Waals surface area contributed by atoms with E-state index in [9.17, 15) is 0 Å². The lowest BCUT2D eigenvalue weighted by Crippen LogP contribution is -1.96. The van der Waals surface area contributed by atoms with Crippen molar-refractivity contribution in [3.63, 3.8) is 0 Å². The van der Waals surface area contributed by atoms with Crippen LogP contribution in [0.4, 0.5) is 5.69 Å². The molecule has 0 radical (unpaired) electrons. The smallest absolute Gasteiger partial charge is 0.0722 e. The Hall–Kier alpha value is -2.35. The van der Waals surface area contributed by atoms with Crippen LogP contribution in [0.25, 0.3) is 22.0 Å². The molecule has 0 aliphatic rings. The van der Waals surface area contributed by atoms with Crippen LogP contribution in [0.15, 0.2) is 60.8 Å². The highest BCUT2D eigenvalue weighted by Crippen LogP contribution is 2.24. The number of aromatic nitrogens is 1. The Morgan fingerprint density at radius 1 is 0.947 bits per heavy atom. The third kappa shape index (κ3) is 2.43. The molecule has 0 amide bonds. The zero-order valence-electron chi connectivity index (χ0n) is 10.9. The molecule has 3 rings (SSSR count). The molecule has 1 heterocycles. The Balaban J connectivity index is 2.05. The summed E-state index contributed by atoms with van der Waals surface area (Å²) in [5.41, 5.74) is 3.27. The highest BCUT2D eigenvalue weighted by atomic mass is 14.9. The molecule has 0 fully saturated rings. The lowest BCUT2D eigenvalue weighted by Gasteiger charge is -2.07. The standard InChI is InChI=1S/C17H16N2/c1-2-18-16-9-10-19-17(12-16)15-8-7-13-5-3-4-6-14(13)11-15/h3-12H,2H2,1H3,(H,18,19). The highest BCUT2D eigenvalue weighted by molar-refractivity contribution is 5.87. The molecule has 1 N–H and O–H groups in total. The van der Waals surface area contributed by atoms with Crippen molar-refractivity contribution in [2.45, 2.75) is 6.92 Å². The molecule has 0 unspecified atom stereocenters. The summed E-state index contributed by atoms with van der Waals surface area (Å²) in [6, 6.07) is 18.9. The normalized spacial score (nSPS) is 10.6. The molecular formula is C17H16N2. The van der Waals surface area contributed by atoms with E-state index in [1.54, 1.807) is 0 Å². The van der Waals surface area contributed by atoms with Gasteiger partial charge in [0.25, 0.3) is 0 Å². The largest absolute Gasteiger partial charge is 0.385 e. The van der Waals surface area contributed by atoms with Crippen molar-refractivity contribution >= 4 is 16.5 Å². The van der Waals surface area contributed by atoms with Gasteiger partial charge in [0.15, 0.2) is 0 Å². The second-order valence-electron chi connectivity index (χ2n) is 4.52. The first-order valence-electron chi connectivity index (χ1n) is 6.56. The minimum absolute atomic E-state index is 0.918. The van der Waals surface area contributed by atoms with Crippen molar-refractivity contribution in [1.29, 1.82) is 0 Å². The van der Waals surface area contributed by atoms with Gasteiger partial charge >= 0.3 is 0 Å². The SMILES string of the molecule is CCNc1ccnc(-c2ccc3ccccc3c2)c1. The Bertz CT molecular complexity index is 704. The first kappa shape index (κ1) is 11.7. The van der Waals surface area contributed by atoms with Gasteiger partial charge in [-0.1, -0.05) is 36.4 Å². The molecule has 2 nitrogen and oxygen atoms in total. The van der Waals surface area contributed by atoms with Crippen LogP contribution in [-0.4, -0.2) is 11.5 Å². The van der Waals surface area contributed by atoms with Crippen LogP contribution in [-0.2, 0) is 0 Å². The third-order valence-electron chi connectivity index (χ3n) is 3.19. The summed E-state index contributed by atoms with van der Waals surface area (Å²) in [7, 11) is 0. The molecule has 0 bridgehead atoms. The number of rotatable bonds is 3. The predicted octanol–water partition coefficient (Wildman–Crippen LogP) is 4.33. The van der Waals surface area contributed by atoms with E-state index in [2.05, 4.69) is 65.8 Å². The topological polar surface area (TPSA) is 24.9 Å². The van der Waals surface area contributed by atoms with Gasteiger partial charge in [-0.15, -0.1) is 0 Å². The van der Waals surface area contributed by atoms with Gasteiger partial charge in [-0.25, -0.2) is 0 Å². The molecule has 0 aliphatic carbocycles. The molecule has 0 saturated carbocycles. The zero-order chi connectivity index (χ0) is 13.1. The van der Waals surface area contributed by atoms with Crippen molar-refractivity contribution in [2.75, 3.05) is 11.9 Å². The maximum atomic E-state index is 4.46. The Morgan fingerprint density at radius 3 is 2.63 bits per heavy atom. The number of hydrogen-bond acceptors (Lipinski definition) is 2. The van der Waals surface area contributed by atoms with E-state index in [1.807, 2.05) is 12.3 Å². The molecule has 0 atom stereocenters. The van der Waals surface area contributed by atoms with Crippen LogP contribution < -0.4 is 5.32 Å². The van der Waals surface area contributed by atoms with E-state index in [0.29, 0.717) is 0 Å². The monoisotopic (exact) mass is 248 g/mol. The van der Waals surface area contributed by atoms with Crippen LogP contribution in [0.2, 0.25) is 0 Å². The minimum atomic E-state index is 0.918. The summed E-state index contributed by atoms with van der Waals surface area (Å²) in [5, 5.41) is 5.82. The average molecular weight is 248 g/mol. The number of hydrogen-bond donors (Lipinski definition) is 1. The van der Waals surface area contributed by atoms with Gasteiger partial charge < -0.3 is 5.32 Å². The van der Waals surface area contributed by atoms with Crippen LogP contribution in [0.3, 0.4) is 0 Å². The molecular weight excluding hydrogens is 232 g/mol. The van der Waals surface area contributed by atoms with Gasteiger partial charge in [-0.3, -0.25) is 4.98 Å². The van der Waals surface area contributed by atoms with Gasteiger partial charge in [0, 0.05) is 24.0 Å². The molecule has 94 valence electrons. The van der Waals surface area contributed by atoms with Crippen molar-refractivity contribution in [2.24, 2.45) is 0 Å². The fourth-order valence-corrected chi connectivity index (χ4v) is 2.25. The summed E-state index contributed by atoms with van der Waals surface area (Å²) in [4.78, 5) is 4.46. The highest BCUT2D eigenvalue weighted by Gasteiger charge is 2.02. The Morgan fingerprint density at radius 2 is 1.79 bits per heavy atom. The lowest BCUT2D eigenvalue weighted by molar-refractivity contribution is 1.20. The molecule has 2 heteroatoms. The molecule has 0 saturated heterocycles. The predicted molar refractivity (Wildman–Crippen MR) is 81.3 cm³/mol. The maximum absolute atomic E-state index is 4.46. The first-order chi connectivity index (χ1) is 9.36. The van der Waals surface area contributed by atoms with E-state index in [0.717, 1.165) is 23.5 Å². The van der Waals surface area contributed by atoms with Crippen molar-refractivity contribution in [3.05, 3.63) is 60.8 Å². The number of nitrogens with one attached hydrogen (secondary N) is 1. The summed E-state index contributed by atoms with van der Waals surface area (Å²) < 4.78 is 0. The van der Waals surface area contributed by atoms with Gasteiger partial charge in [-0.2, -0.15) is 0 Å². The molecule has 19 heavy (non-hydrogen) atoms. The number of anilines is 1. The molecule has 0 spiro atoms. The quantitative estimate of drug-likeness (QED) is 0.746. The summed E-state index contributed by atoms with van der Waals surface area (Å²) in [6.07, 6.45) is 1.85. The minimum Gasteiger partial charge on any atom is -0.385 e. The van der Waals surface area contributed by atoms with E-state index in [-0.39, 0.29) is 0 Å². The van der Waals surface area contributed by atoms with Crippen molar-refractivity contribution < 1.29 is 0 Å². The second-order valence-corrected chi connectivity index (χ2v) is 4.52. The van der Waals surface area contributed by atoms with Crippen LogP contribution in [0, 0.1) is 0 Å². The van der Waals surface area contributed by atoms with E-state index < -0.39 is 0 Å². The van der Waals surface area contributed by atoms with Crippen LogP contribution in [0.5, 0.6) is 0 Å². The third-order valence-corrected chi connectivity index (χ3v) is 3.19. The zero-order valence-corrected chi connectivity index (χ0v) is 10.9. The number of fused-ring (bicyclic) bond motifs is 1. The lowest BCUT2D eigenvalue weighted by atomic mass is 10.0. The fourth-order valence-electron chi connectivity index (χ4n) is 2.25. The first-order valence-corrected chi connectivity index (χ1v) is 6.56. The van der Waals surface area contributed by atoms with E-state index in [1.165, 1.54) is 10.8 Å². The maximum Gasteiger partial charge on any atom is 0.0722 e. The number of nitrogens with zero attached hydrogens (tertiary/aromatic N) is 1. The molecule has 3 aromatic rings. The Kier molecular flexibility index (Phi) is 3.15. The number of benzene rings is 2. The average Bonchev–Trinajstić information content (AvgIpc) is 2.47. The molecule has 2 aromatic carbocycles. The summed E-state index contributed by atoms with van der Waals surface area (Å²) in [5.74, 6) is 0. The fraction of sp³-hybridized carbons (Fsp3) is 0.118. The summed E-state index contributed by atoms with van der Waals surface area (Å²) in [6.45, 7) is 3.01. The van der Waals surface area contributed by atoms with Gasteiger partial charge in [0.2, 0.25) is 0 Å². The van der Waals surface area contributed by atoms with Crippen molar-refractivity contribution in [1.82, 2.24) is 4.98 Å². The van der Waals surface area contributed by atoms with E-state index in [4.69, 9.17) is 0 Å². The van der Waals surface area contributed by atoms with E-state index >= 15 is 0 Å². The second kappa shape index (κ2) is 5.11. The molecule has 0 aliphatic heterocycles.